The molecule has 2 aromatic carbocycles. The normalized spacial score (nSPS) is 14.7. The monoisotopic (exact) mass is 601 g/mol. The molecule has 4 aromatic rings. The van der Waals surface area contributed by atoms with Gasteiger partial charge in [0.15, 0.2) is 4.90 Å². The predicted molar refractivity (Wildman–Crippen MR) is 155 cm³/mol. The van der Waals surface area contributed by atoms with Gasteiger partial charge in [-0.2, -0.15) is 0 Å². The molecule has 1 fully saturated rings. The number of thiazole rings is 1. The Morgan fingerprint density at radius 3 is 2.32 bits per heavy atom. The summed E-state index contributed by atoms with van der Waals surface area (Å²) in [6.07, 6.45) is 7.32. The molecule has 0 saturated heterocycles. The van der Waals surface area contributed by atoms with Crippen molar-refractivity contribution in [3.63, 3.8) is 0 Å². The second-order valence-electron chi connectivity index (χ2n) is 11.0. The highest BCUT2D eigenvalue weighted by Crippen LogP contribution is 2.41. The zero-order chi connectivity index (χ0) is 29.4. The van der Waals surface area contributed by atoms with E-state index < -0.39 is 38.1 Å². The standard InChI is InChI=1S/C29H30F3N5O2S2/c1-29(2,3)27-36-24(25(40-27)22-14-15-33-28(35-22)34-18-8-5-4-6-9-18)17-12-13-19(30)23(16-17)37-41(38,39)26-20(31)10-7-11-21(26)32/h7,10-16,18,37H,4-6,8-9H2,1-3H3,(H,33,34,35). The third-order valence-electron chi connectivity index (χ3n) is 6.77. The highest BCUT2D eigenvalue weighted by molar-refractivity contribution is 7.92. The van der Waals surface area contributed by atoms with E-state index in [1.165, 1.54) is 29.9 Å². The summed E-state index contributed by atoms with van der Waals surface area (Å²) in [5.74, 6) is -2.98. The fourth-order valence-corrected chi connectivity index (χ4v) is 6.99. The molecule has 41 heavy (non-hydrogen) atoms. The lowest BCUT2D eigenvalue weighted by Gasteiger charge is -2.22. The summed E-state index contributed by atoms with van der Waals surface area (Å²) < 4.78 is 71.1. The summed E-state index contributed by atoms with van der Waals surface area (Å²) in [6.45, 7) is 6.05. The molecular formula is C29H30F3N5O2S2. The number of benzene rings is 2. The van der Waals surface area contributed by atoms with E-state index in [1.54, 1.807) is 12.3 Å². The van der Waals surface area contributed by atoms with Crippen LogP contribution in [-0.2, 0) is 15.4 Å². The minimum atomic E-state index is -4.78. The summed E-state index contributed by atoms with van der Waals surface area (Å²) in [4.78, 5) is 13.5. The molecule has 1 saturated carbocycles. The lowest BCUT2D eigenvalue weighted by molar-refractivity contribution is 0.461. The number of hydrogen-bond acceptors (Lipinski definition) is 7. The van der Waals surface area contributed by atoms with Crippen molar-refractivity contribution >= 4 is 33.0 Å². The first-order chi connectivity index (χ1) is 19.4. The summed E-state index contributed by atoms with van der Waals surface area (Å²) in [6, 6.07) is 8.58. The molecule has 0 amide bonds. The first-order valence-electron chi connectivity index (χ1n) is 13.3. The molecule has 2 N–H and O–H groups in total. The van der Waals surface area contributed by atoms with Crippen LogP contribution in [0.15, 0.2) is 53.6 Å². The number of anilines is 2. The molecule has 1 aliphatic rings. The molecule has 0 aliphatic heterocycles. The third kappa shape index (κ3) is 6.38. The topological polar surface area (TPSA) is 96.9 Å². The highest BCUT2D eigenvalue weighted by atomic mass is 32.2. The smallest absolute Gasteiger partial charge is 0.267 e. The highest BCUT2D eigenvalue weighted by Gasteiger charge is 2.27. The van der Waals surface area contributed by atoms with Gasteiger partial charge in [-0.15, -0.1) is 11.3 Å². The van der Waals surface area contributed by atoms with Gasteiger partial charge in [0.2, 0.25) is 5.95 Å². The van der Waals surface area contributed by atoms with Crippen LogP contribution in [-0.4, -0.2) is 29.4 Å². The van der Waals surface area contributed by atoms with Crippen LogP contribution >= 0.6 is 11.3 Å². The fraction of sp³-hybridized carbons (Fsp3) is 0.345. The van der Waals surface area contributed by atoms with Crippen molar-refractivity contribution < 1.29 is 21.6 Å². The Hall–Kier alpha value is -3.51. The molecule has 1 aliphatic carbocycles. The molecule has 2 aromatic heterocycles. The zero-order valence-electron chi connectivity index (χ0n) is 22.8. The SMILES string of the molecule is CC(C)(C)c1nc(-c2ccc(F)c(NS(=O)(=O)c3c(F)cccc3F)c2)c(-c2ccnc(NC3CCCCC3)n2)s1. The Balaban J connectivity index is 1.55. The maximum absolute atomic E-state index is 14.9. The van der Waals surface area contributed by atoms with Gasteiger partial charge in [0.1, 0.15) is 17.5 Å². The molecule has 12 heteroatoms. The van der Waals surface area contributed by atoms with Crippen molar-refractivity contribution in [3.8, 4) is 21.8 Å². The Morgan fingerprint density at radius 1 is 0.927 bits per heavy atom. The van der Waals surface area contributed by atoms with Crippen molar-refractivity contribution in [2.75, 3.05) is 10.0 Å². The van der Waals surface area contributed by atoms with Gasteiger partial charge in [-0.05, 0) is 49.2 Å². The van der Waals surface area contributed by atoms with E-state index >= 15 is 0 Å². The van der Waals surface area contributed by atoms with Gasteiger partial charge in [0, 0.05) is 23.2 Å². The molecule has 216 valence electrons. The predicted octanol–water partition coefficient (Wildman–Crippen LogP) is 7.53. The summed E-state index contributed by atoms with van der Waals surface area (Å²) >= 11 is 1.43. The molecule has 5 rings (SSSR count). The summed E-state index contributed by atoms with van der Waals surface area (Å²) in [5, 5.41) is 4.22. The van der Waals surface area contributed by atoms with E-state index in [-0.39, 0.29) is 5.41 Å². The van der Waals surface area contributed by atoms with Crippen LogP contribution in [0.4, 0.5) is 24.8 Å². The van der Waals surface area contributed by atoms with Crippen LogP contribution < -0.4 is 10.0 Å². The minimum Gasteiger partial charge on any atom is -0.351 e. The molecule has 0 bridgehead atoms. The summed E-state index contributed by atoms with van der Waals surface area (Å²) in [5.41, 5.74) is 0.700. The lowest BCUT2D eigenvalue weighted by atomic mass is 9.96. The molecule has 0 radical (unpaired) electrons. The van der Waals surface area contributed by atoms with E-state index in [0.717, 1.165) is 55.0 Å². The van der Waals surface area contributed by atoms with E-state index in [4.69, 9.17) is 9.97 Å². The van der Waals surface area contributed by atoms with Crippen molar-refractivity contribution in [2.45, 2.75) is 69.2 Å². The average molecular weight is 602 g/mol. The Labute approximate surface area is 241 Å². The van der Waals surface area contributed by atoms with Crippen molar-refractivity contribution in [1.82, 2.24) is 15.0 Å². The Bertz CT molecular complexity index is 1660. The first-order valence-corrected chi connectivity index (χ1v) is 15.6. The van der Waals surface area contributed by atoms with Crippen LogP contribution in [0.3, 0.4) is 0 Å². The molecule has 7 nitrogen and oxygen atoms in total. The number of nitrogens with one attached hydrogen (secondary N) is 2. The number of hydrogen-bond donors (Lipinski definition) is 2. The van der Waals surface area contributed by atoms with Crippen LogP contribution in [0, 0.1) is 17.5 Å². The number of rotatable bonds is 7. The molecule has 0 unspecified atom stereocenters. The molecule has 0 atom stereocenters. The van der Waals surface area contributed by atoms with Gasteiger partial charge in [0.05, 0.1) is 27.0 Å². The minimum absolute atomic E-state index is 0.303. The maximum atomic E-state index is 14.9. The van der Waals surface area contributed by atoms with Gasteiger partial charge in [-0.1, -0.05) is 46.1 Å². The second-order valence-corrected chi connectivity index (χ2v) is 13.7. The van der Waals surface area contributed by atoms with Gasteiger partial charge in [-0.3, -0.25) is 4.72 Å². The second kappa shape index (κ2) is 11.4. The number of nitrogens with zero attached hydrogens (tertiary/aromatic N) is 3. The van der Waals surface area contributed by atoms with E-state index in [9.17, 15) is 21.6 Å². The van der Waals surface area contributed by atoms with Crippen molar-refractivity contribution in [1.29, 1.82) is 0 Å². The van der Waals surface area contributed by atoms with Crippen molar-refractivity contribution in [2.24, 2.45) is 0 Å². The van der Waals surface area contributed by atoms with Crippen LogP contribution in [0.1, 0.15) is 57.9 Å². The largest absolute Gasteiger partial charge is 0.351 e. The lowest BCUT2D eigenvalue weighted by Crippen LogP contribution is -2.23. The van der Waals surface area contributed by atoms with Gasteiger partial charge < -0.3 is 5.32 Å². The maximum Gasteiger partial charge on any atom is 0.267 e. The fourth-order valence-electron chi connectivity index (χ4n) is 4.68. The molecule has 0 spiro atoms. The van der Waals surface area contributed by atoms with Gasteiger partial charge in [-0.25, -0.2) is 36.5 Å². The third-order valence-corrected chi connectivity index (χ3v) is 9.69. The quantitative estimate of drug-likeness (QED) is 0.227. The zero-order valence-corrected chi connectivity index (χ0v) is 24.5. The van der Waals surface area contributed by atoms with Crippen LogP contribution in [0.5, 0.6) is 0 Å². The molecule has 2 heterocycles. The molecular weight excluding hydrogens is 571 g/mol. The summed E-state index contributed by atoms with van der Waals surface area (Å²) in [7, 11) is -4.78. The van der Waals surface area contributed by atoms with Gasteiger partial charge in [0.25, 0.3) is 10.0 Å². The van der Waals surface area contributed by atoms with Crippen molar-refractivity contribution in [3.05, 3.63) is 71.1 Å². The number of aromatic nitrogens is 3. The van der Waals surface area contributed by atoms with Gasteiger partial charge >= 0.3 is 0 Å². The number of halogens is 3. The van der Waals surface area contributed by atoms with E-state index in [1.807, 2.05) is 25.5 Å². The van der Waals surface area contributed by atoms with E-state index in [2.05, 4.69) is 10.3 Å². The Kier molecular flexibility index (Phi) is 8.06. The average Bonchev–Trinajstić information content (AvgIpc) is 3.37. The van der Waals surface area contributed by atoms with E-state index in [0.29, 0.717) is 33.8 Å². The number of sulfonamides is 1. The first kappa shape index (κ1) is 29.0. The Morgan fingerprint density at radius 2 is 1.63 bits per heavy atom. The van der Waals surface area contributed by atoms with Crippen LogP contribution in [0.25, 0.3) is 21.8 Å². The van der Waals surface area contributed by atoms with Crippen LogP contribution in [0.2, 0.25) is 0 Å².